The molecule has 3 aromatic rings. The van der Waals surface area contributed by atoms with E-state index in [1.165, 1.54) is 20.0 Å². The number of aromatic nitrogens is 2. The average Bonchev–Trinajstić information content (AvgIpc) is 2.63. The van der Waals surface area contributed by atoms with E-state index in [1.807, 2.05) is 30.3 Å². The first-order valence-electron chi connectivity index (χ1n) is 7.82. The predicted octanol–water partition coefficient (Wildman–Crippen LogP) is 3.83. The zero-order valence-electron chi connectivity index (χ0n) is 14.2. The van der Waals surface area contributed by atoms with Gasteiger partial charge in [0.1, 0.15) is 23.9 Å². The van der Waals surface area contributed by atoms with Crippen LogP contribution in [-0.2, 0) is 13.7 Å². The van der Waals surface area contributed by atoms with Crippen molar-refractivity contribution in [2.75, 3.05) is 0 Å². The van der Waals surface area contributed by atoms with Crippen molar-refractivity contribution in [1.29, 1.82) is 0 Å². The Hall–Kier alpha value is -2.86. The topological polar surface area (TPSA) is 64.4 Å². The zero-order valence-corrected chi connectivity index (χ0v) is 14.9. The maximum absolute atomic E-state index is 14.6. The van der Waals surface area contributed by atoms with Crippen LogP contribution in [0.5, 0.6) is 11.5 Å². The van der Waals surface area contributed by atoms with Crippen molar-refractivity contribution in [3.8, 4) is 22.6 Å². The Morgan fingerprint density at radius 2 is 1.88 bits per heavy atom. The first kappa shape index (κ1) is 17.9. The van der Waals surface area contributed by atoms with Gasteiger partial charge in [0.2, 0.25) is 0 Å². The summed E-state index contributed by atoms with van der Waals surface area (Å²) in [6.45, 7) is 1.65. The molecule has 1 aromatic heterocycles. The highest BCUT2D eigenvalue weighted by molar-refractivity contribution is 6.32. The highest BCUT2D eigenvalue weighted by Crippen LogP contribution is 2.41. The van der Waals surface area contributed by atoms with Crippen LogP contribution in [-0.4, -0.2) is 14.9 Å². The summed E-state index contributed by atoms with van der Waals surface area (Å²) in [5.41, 5.74) is -0.0313. The second-order valence-electron chi connectivity index (χ2n) is 5.75. The number of hydrogen-bond donors (Lipinski definition) is 1. The summed E-state index contributed by atoms with van der Waals surface area (Å²) in [7, 11) is 1.42. The molecule has 0 bridgehead atoms. The van der Waals surface area contributed by atoms with Crippen LogP contribution in [0.2, 0.25) is 5.02 Å². The monoisotopic (exact) mass is 374 g/mol. The molecule has 7 heteroatoms. The van der Waals surface area contributed by atoms with Crippen molar-refractivity contribution in [2.45, 2.75) is 13.5 Å². The molecule has 2 aromatic carbocycles. The molecule has 0 unspecified atom stereocenters. The molecule has 0 saturated carbocycles. The molecule has 0 radical (unpaired) electrons. The Morgan fingerprint density at radius 1 is 1.19 bits per heavy atom. The Morgan fingerprint density at radius 3 is 2.58 bits per heavy atom. The van der Waals surface area contributed by atoms with E-state index in [0.29, 0.717) is 0 Å². The lowest BCUT2D eigenvalue weighted by Gasteiger charge is -2.16. The smallest absolute Gasteiger partial charge is 0.278 e. The van der Waals surface area contributed by atoms with Gasteiger partial charge in [-0.05, 0) is 24.6 Å². The van der Waals surface area contributed by atoms with E-state index in [9.17, 15) is 14.3 Å². The highest BCUT2D eigenvalue weighted by atomic mass is 35.5. The van der Waals surface area contributed by atoms with Crippen molar-refractivity contribution in [3.05, 3.63) is 74.9 Å². The normalized spacial score (nSPS) is 10.8. The number of aromatic hydroxyl groups is 1. The fourth-order valence-electron chi connectivity index (χ4n) is 2.62. The maximum Gasteiger partial charge on any atom is 0.278 e. The van der Waals surface area contributed by atoms with E-state index in [-0.39, 0.29) is 34.2 Å². The van der Waals surface area contributed by atoms with Crippen LogP contribution in [0.1, 0.15) is 11.3 Å². The van der Waals surface area contributed by atoms with Gasteiger partial charge in [0.05, 0.1) is 16.1 Å². The molecular formula is C19H16ClFN2O3. The second-order valence-corrected chi connectivity index (χ2v) is 6.15. The Balaban J connectivity index is 2.17. The molecule has 1 heterocycles. The fraction of sp³-hybridized carbons (Fsp3) is 0.158. The van der Waals surface area contributed by atoms with Crippen LogP contribution in [0.15, 0.2) is 47.3 Å². The van der Waals surface area contributed by atoms with Gasteiger partial charge in [0, 0.05) is 7.05 Å². The van der Waals surface area contributed by atoms with E-state index in [0.717, 1.165) is 16.3 Å². The van der Waals surface area contributed by atoms with Crippen molar-refractivity contribution in [3.63, 3.8) is 0 Å². The highest BCUT2D eigenvalue weighted by Gasteiger charge is 2.24. The molecule has 0 atom stereocenters. The standard InChI is InChI=1S/C19H16ClFN2O3/c1-11-17(24)16(19(25)23(2)22-11)15-14(21)9-8-13(20)18(15)26-10-12-6-4-3-5-7-12/h3-9,24H,10H2,1-2H3. The average molecular weight is 375 g/mol. The Kier molecular flexibility index (Phi) is 4.95. The number of rotatable bonds is 4. The van der Waals surface area contributed by atoms with Crippen molar-refractivity contribution in [2.24, 2.45) is 7.05 Å². The molecule has 5 nitrogen and oxygen atoms in total. The minimum absolute atomic E-state index is 0.00600. The lowest BCUT2D eigenvalue weighted by atomic mass is 10.0. The van der Waals surface area contributed by atoms with Crippen molar-refractivity contribution >= 4 is 11.6 Å². The Bertz CT molecular complexity index is 1020. The molecule has 0 amide bonds. The largest absolute Gasteiger partial charge is 0.505 e. The molecule has 0 aliphatic rings. The molecule has 134 valence electrons. The molecule has 0 saturated heterocycles. The van der Waals surface area contributed by atoms with Gasteiger partial charge in [-0.15, -0.1) is 0 Å². The molecule has 26 heavy (non-hydrogen) atoms. The van der Waals surface area contributed by atoms with Crippen LogP contribution in [0, 0.1) is 12.7 Å². The van der Waals surface area contributed by atoms with E-state index in [1.54, 1.807) is 0 Å². The molecule has 3 rings (SSSR count). The summed E-state index contributed by atoms with van der Waals surface area (Å²) in [6, 6.07) is 11.7. The number of aryl methyl sites for hydroxylation is 2. The lowest BCUT2D eigenvalue weighted by Crippen LogP contribution is -2.23. The molecule has 0 aliphatic heterocycles. The summed E-state index contributed by atoms with van der Waals surface area (Å²) < 4.78 is 21.4. The summed E-state index contributed by atoms with van der Waals surface area (Å²) >= 11 is 6.20. The van der Waals surface area contributed by atoms with Crippen molar-refractivity contribution < 1.29 is 14.2 Å². The number of ether oxygens (including phenoxy) is 1. The number of halogens is 2. The molecular weight excluding hydrogens is 359 g/mol. The van der Waals surface area contributed by atoms with Gasteiger partial charge in [-0.1, -0.05) is 41.9 Å². The number of nitrogens with zero attached hydrogens (tertiary/aromatic N) is 2. The molecule has 0 spiro atoms. The van der Waals surface area contributed by atoms with Gasteiger partial charge in [-0.3, -0.25) is 4.79 Å². The van der Waals surface area contributed by atoms with Gasteiger partial charge in [0.15, 0.2) is 5.75 Å². The predicted molar refractivity (Wildman–Crippen MR) is 97.1 cm³/mol. The van der Waals surface area contributed by atoms with Gasteiger partial charge >= 0.3 is 0 Å². The summed E-state index contributed by atoms with van der Waals surface area (Å²) in [5.74, 6) is -1.14. The second kappa shape index (κ2) is 7.17. The SMILES string of the molecule is Cc1nn(C)c(=O)c(-c2c(F)ccc(Cl)c2OCc2ccccc2)c1O. The van der Waals surface area contributed by atoms with Crippen molar-refractivity contribution in [1.82, 2.24) is 9.78 Å². The van der Waals surface area contributed by atoms with E-state index >= 15 is 0 Å². The zero-order chi connectivity index (χ0) is 18.8. The maximum atomic E-state index is 14.6. The molecule has 1 N–H and O–H groups in total. The Labute approximate surface area is 154 Å². The third-order valence-electron chi connectivity index (χ3n) is 3.92. The van der Waals surface area contributed by atoms with E-state index < -0.39 is 17.1 Å². The third kappa shape index (κ3) is 3.28. The van der Waals surface area contributed by atoms with Crippen LogP contribution < -0.4 is 10.3 Å². The first-order chi connectivity index (χ1) is 12.4. The van der Waals surface area contributed by atoms with Crippen LogP contribution in [0.25, 0.3) is 11.1 Å². The van der Waals surface area contributed by atoms with Gasteiger partial charge in [0.25, 0.3) is 5.56 Å². The summed E-state index contributed by atoms with van der Waals surface area (Å²) in [6.07, 6.45) is 0. The van der Waals surface area contributed by atoms with Crippen LogP contribution in [0.3, 0.4) is 0 Å². The number of hydrogen-bond acceptors (Lipinski definition) is 4. The van der Waals surface area contributed by atoms with Gasteiger partial charge < -0.3 is 9.84 Å². The first-order valence-corrected chi connectivity index (χ1v) is 8.20. The van der Waals surface area contributed by atoms with Gasteiger partial charge in [-0.2, -0.15) is 5.10 Å². The van der Waals surface area contributed by atoms with Crippen LogP contribution in [0.4, 0.5) is 4.39 Å². The summed E-state index contributed by atoms with van der Waals surface area (Å²) in [5, 5.41) is 14.4. The minimum Gasteiger partial charge on any atom is -0.505 e. The van der Waals surface area contributed by atoms with E-state index in [4.69, 9.17) is 16.3 Å². The summed E-state index contributed by atoms with van der Waals surface area (Å²) in [4.78, 5) is 12.5. The van der Waals surface area contributed by atoms with Gasteiger partial charge in [-0.25, -0.2) is 9.07 Å². The third-order valence-corrected chi connectivity index (χ3v) is 4.22. The van der Waals surface area contributed by atoms with Crippen LogP contribution >= 0.6 is 11.6 Å². The molecule has 0 aliphatic carbocycles. The van der Waals surface area contributed by atoms with E-state index in [2.05, 4.69) is 5.10 Å². The lowest BCUT2D eigenvalue weighted by molar-refractivity contribution is 0.306. The quantitative estimate of drug-likeness (QED) is 0.753. The minimum atomic E-state index is -0.726. The number of benzene rings is 2. The fourth-order valence-corrected chi connectivity index (χ4v) is 2.84. The molecule has 0 fully saturated rings.